The molecule has 0 N–H and O–H groups in total. The summed E-state index contributed by atoms with van der Waals surface area (Å²) in [4.78, 5) is 7.01. The molecule has 2 rings (SSSR count). The monoisotopic (exact) mass is 231 g/mol. The SMILES string of the molecule is C[Si](C)(Cl)N1CCCN2CCCN=C21. The van der Waals surface area contributed by atoms with Crippen LogP contribution in [0.4, 0.5) is 0 Å². The van der Waals surface area contributed by atoms with Gasteiger partial charge in [-0.25, -0.2) is 0 Å². The number of guanidine groups is 1. The van der Waals surface area contributed by atoms with Gasteiger partial charge in [-0.3, -0.25) is 4.99 Å². The molecule has 3 nitrogen and oxygen atoms in total. The highest BCUT2D eigenvalue weighted by molar-refractivity contribution is 7.18. The molecule has 0 aromatic carbocycles. The lowest BCUT2D eigenvalue weighted by Gasteiger charge is -2.45. The van der Waals surface area contributed by atoms with Crippen LogP contribution in [-0.2, 0) is 0 Å². The Labute approximate surface area is 91.5 Å². The molecule has 0 aromatic rings. The molecule has 0 saturated carbocycles. The average molecular weight is 232 g/mol. The van der Waals surface area contributed by atoms with E-state index in [-0.39, 0.29) is 0 Å². The molecular formula is C9H18ClN3Si. The van der Waals surface area contributed by atoms with Crippen molar-refractivity contribution in [2.45, 2.75) is 25.9 Å². The lowest BCUT2D eigenvalue weighted by atomic mass is 10.2. The predicted molar refractivity (Wildman–Crippen MR) is 63.2 cm³/mol. The first-order valence-electron chi connectivity index (χ1n) is 5.35. The Balaban J connectivity index is 2.20. The van der Waals surface area contributed by atoms with Crippen LogP contribution < -0.4 is 0 Å². The van der Waals surface area contributed by atoms with Crippen molar-refractivity contribution in [3.8, 4) is 0 Å². The fourth-order valence-electron chi connectivity index (χ4n) is 2.13. The normalized spacial score (nSPS) is 23.2. The zero-order valence-corrected chi connectivity index (χ0v) is 10.7. The van der Waals surface area contributed by atoms with E-state index in [2.05, 4.69) is 27.6 Å². The summed E-state index contributed by atoms with van der Waals surface area (Å²) >= 11 is 6.49. The summed E-state index contributed by atoms with van der Waals surface area (Å²) in [7, 11) is -1.73. The molecule has 2 heterocycles. The van der Waals surface area contributed by atoms with Crippen molar-refractivity contribution in [3.05, 3.63) is 0 Å². The number of fused-ring (bicyclic) bond motifs is 1. The van der Waals surface area contributed by atoms with E-state index in [1.54, 1.807) is 0 Å². The van der Waals surface area contributed by atoms with Crippen LogP contribution >= 0.6 is 11.1 Å². The number of hydrogen-bond acceptors (Lipinski definition) is 3. The van der Waals surface area contributed by atoms with Crippen LogP contribution in [0.3, 0.4) is 0 Å². The molecule has 0 atom stereocenters. The maximum absolute atomic E-state index is 6.49. The second-order valence-corrected chi connectivity index (χ2v) is 10.6. The van der Waals surface area contributed by atoms with Gasteiger partial charge in [-0.05, 0) is 25.9 Å². The van der Waals surface area contributed by atoms with Crippen molar-refractivity contribution in [1.82, 2.24) is 9.47 Å². The van der Waals surface area contributed by atoms with Gasteiger partial charge in [0, 0.05) is 26.2 Å². The van der Waals surface area contributed by atoms with Gasteiger partial charge in [0.15, 0.2) is 5.96 Å². The van der Waals surface area contributed by atoms with Crippen molar-refractivity contribution < 1.29 is 0 Å². The van der Waals surface area contributed by atoms with Gasteiger partial charge in [-0.1, -0.05) is 0 Å². The highest BCUT2D eigenvalue weighted by atomic mass is 35.6. The zero-order chi connectivity index (χ0) is 10.2. The van der Waals surface area contributed by atoms with Crippen LogP contribution in [0.1, 0.15) is 12.8 Å². The average Bonchev–Trinajstić information content (AvgIpc) is 2.15. The van der Waals surface area contributed by atoms with E-state index in [1.165, 1.54) is 18.8 Å². The van der Waals surface area contributed by atoms with Gasteiger partial charge in [0.05, 0.1) is 0 Å². The third-order valence-corrected chi connectivity index (χ3v) is 5.13. The van der Waals surface area contributed by atoms with E-state index < -0.39 is 7.55 Å². The molecular weight excluding hydrogens is 214 g/mol. The first-order chi connectivity index (χ1) is 6.59. The largest absolute Gasteiger partial charge is 0.356 e. The molecule has 0 amide bonds. The highest BCUT2D eigenvalue weighted by Gasteiger charge is 2.35. The summed E-state index contributed by atoms with van der Waals surface area (Å²) < 4.78 is 2.36. The summed E-state index contributed by atoms with van der Waals surface area (Å²) in [6, 6.07) is 0. The summed E-state index contributed by atoms with van der Waals surface area (Å²) in [5, 5.41) is 0. The van der Waals surface area contributed by atoms with Gasteiger partial charge in [-0.15, -0.1) is 11.1 Å². The third kappa shape index (κ3) is 1.91. The van der Waals surface area contributed by atoms with E-state index in [0.717, 1.165) is 26.2 Å². The number of halogens is 1. The lowest BCUT2D eigenvalue weighted by molar-refractivity contribution is 0.298. The minimum atomic E-state index is -1.73. The Morgan fingerprint density at radius 3 is 2.64 bits per heavy atom. The van der Waals surface area contributed by atoms with Crippen LogP contribution in [-0.4, -0.2) is 49.1 Å². The molecule has 80 valence electrons. The van der Waals surface area contributed by atoms with Crippen LogP contribution in [0.2, 0.25) is 13.1 Å². The van der Waals surface area contributed by atoms with Gasteiger partial charge >= 0.3 is 0 Å². The van der Waals surface area contributed by atoms with Crippen molar-refractivity contribution in [1.29, 1.82) is 0 Å². The van der Waals surface area contributed by atoms with Crippen molar-refractivity contribution >= 4 is 24.6 Å². The van der Waals surface area contributed by atoms with Crippen LogP contribution in [0.25, 0.3) is 0 Å². The first kappa shape index (κ1) is 10.3. The molecule has 1 fully saturated rings. The fraction of sp³-hybridized carbons (Fsp3) is 0.889. The number of nitrogens with zero attached hydrogens (tertiary/aromatic N) is 3. The topological polar surface area (TPSA) is 18.8 Å². The van der Waals surface area contributed by atoms with Crippen molar-refractivity contribution in [2.75, 3.05) is 26.2 Å². The first-order valence-corrected chi connectivity index (χ1v) is 9.31. The third-order valence-electron chi connectivity index (χ3n) is 2.82. The van der Waals surface area contributed by atoms with Gasteiger partial charge in [0.1, 0.15) is 0 Å². The van der Waals surface area contributed by atoms with E-state index in [4.69, 9.17) is 11.1 Å². The molecule has 0 radical (unpaired) electrons. The summed E-state index contributed by atoms with van der Waals surface area (Å²) in [6.07, 6.45) is 2.42. The number of aliphatic imine (C=N–C) groups is 1. The molecule has 14 heavy (non-hydrogen) atoms. The Kier molecular flexibility index (Phi) is 2.75. The van der Waals surface area contributed by atoms with E-state index in [1.807, 2.05) is 0 Å². The summed E-state index contributed by atoms with van der Waals surface area (Å²) in [5.41, 5.74) is 0. The molecule has 1 saturated heterocycles. The summed E-state index contributed by atoms with van der Waals surface area (Å²) in [6.45, 7) is 8.75. The molecule has 2 aliphatic rings. The summed E-state index contributed by atoms with van der Waals surface area (Å²) in [5.74, 6) is 1.18. The minimum absolute atomic E-state index is 0.976. The van der Waals surface area contributed by atoms with E-state index >= 15 is 0 Å². The Hall–Kier alpha value is -0.223. The lowest BCUT2D eigenvalue weighted by Crippen LogP contribution is -2.59. The molecule has 0 bridgehead atoms. The Morgan fingerprint density at radius 1 is 1.21 bits per heavy atom. The minimum Gasteiger partial charge on any atom is -0.356 e. The van der Waals surface area contributed by atoms with E-state index in [9.17, 15) is 0 Å². The van der Waals surface area contributed by atoms with Crippen LogP contribution in [0.15, 0.2) is 4.99 Å². The molecule has 0 aliphatic carbocycles. The van der Waals surface area contributed by atoms with Gasteiger partial charge in [0.2, 0.25) is 0 Å². The standard InChI is InChI=1S/C9H18ClN3Si/c1-14(2,10)13-8-4-7-12-6-3-5-11-9(12)13/h3-8H2,1-2H3. The maximum atomic E-state index is 6.49. The van der Waals surface area contributed by atoms with Crippen LogP contribution in [0, 0.1) is 0 Å². The van der Waals surface area contributed by atoms with Gasteiger partial charge < -0.3 is 9.47 Å². The zero-order valence-electron chi connectivity index (χ0n) is 8.96. The van der Waals surface area contributed by atoms with Gasteiger partial charge in [-0.2, -0.15) is 0 Å². The quantitative estimate of drug-likeness (QED) is 0.505. The Morgan fingerprint density at radius 2 is 1.93 bits per heavy atom. The number of hydrogen-bond donors (Lipinski definition) is 0. The van der Waals surface area contributed by atoms with E-state index in [0.29, 0.717) is 0 Å². The fourth-order valence-corrected chi connectivity index (χ4v) is 3.99. The maximum Gasteiger partial charge on any atom is 0.251 e. The van der Waals surface area contributed by atoms with Crippen molar-refractivity contribution in [2.24, 2.45) is 4.99 Å². The Bertz CT molecular complexity index is 249. The second-order valence-electron chi connectivity index (χ2n) is 4.44. The molecule has 0 aromatic heterocycles. The molecule has 0 unspecified atom stereocenters. The van der Waals surface area contributed by atoms with Gasteiger partial charge in [0.25, 0.3) is 7.55 Å². The molecule has 2 aliphatic heterocycles. The van der Waals surface area contributed by atoms with Crippen molar-refractivity contribution in [3.63, 3.8) is 0 Å². The number of rotatable bonds is 1. The second kappa shape index (κ2) is 3.74. The molecule has 0 spiro atoms. The van der Waals surface area contributed by atoms with Crippen LogP contribution in [0.5, 0.6) is 0 Å². The molecule has 5 heteroatoms. The smallest absolute Gasteiger partial charge is 0.251 e. The predicted octanol–water partition coefficient (Wildman–Crippen LogP) is 1.69. The highest BCUT2D eigenvalue weighted by Crippen LogP contribution is 2.22.